The summed E-state index contributed by atoms with van der Waals surface area (Å²) in [4.78, 5) is 13.5. The molecule has 5 heteroatoms. The fourth-order valence-corrected chi connectivity index (χ4v) is 1.92. The maximum atomic E-state index is 11.8. The molecule has 1 heterocycles. The van der Waals surface area contributed by atoms with Crippen LogP contribution in [0.4, 0.5) is 4.79 Å². The number of carbonyl (C=O) groups is 1. The zero-order valence-electron chi connectivity index (χ0n) is 9.49. The van der Waals surface area contributed by atoms with Crippen molar-refractivity contribution in [2.45, 2.75) is 6.54 Å². The molecule has 1 aromatic rings. The second-order valence-corrected chi connectivity index (χ2v) is 4.32. The quantitative estimate of drug-likeness (QED) is 0.876. The van der Waals surface area contributed by atoms with Crippen molar-refractivity contribution in [1.82, 2.24) is 10.2 Å². The summed E-state index contributed by atoms with van der Waals surface area (Å²) in [5.41, 5.74) is 0.999. The first-order valence-electron chi connectivity index (χ1n) is 5.60. The minimum Gasteiger partial charge on any atom is -0.378 e. The van der Waals surface area contributed by atoms with Crippen molar-refractivity contribution in [3.63, 3.8) is 0 Å². The Morgan fingerprint density at radius 2 is 2.18 bits per heavy atom. The highest BCUT2D eigenvalue weighted by Crippen LogP contribution is 2.10. The summed E-state index contributed by atoms with van der Waals surface area (Å²) < 4.78 is 5.19. The van der Waals surface area contributed by atoms with Gasteiger partial charge in [0, 0.05) is 24.7 Å². The van der Waals surface area contributed by atoms with Gasteiger partial charge in [-0.05, 0) is 17.7 Å². The highest BCUT2D eigenvalue weighted by molar-refractivity contribution is 6.30. The van der Waals surface area contributed by atoms with Crippen molar-refractivity contribution in [2.75, 3.05) is 26.3 Å². The molecule has 0 spiro atoms. The van der Waals surface area contributed by atoms with Gasteiger partial charge >= 0.3 is 6.03 Å². The molecule has 0 atom stereocenters. The van der Waals surface area contributed by atoms with Crippen LogP contribution in [0.15, 0.2) is 24.3 Å². The van der Waals surface area contributed by atoms with Gasteiger partial charge in [0.15, 0.2) is 0 Å². The number of nitrogens with zero attached hydrogens (tertiary/aromatic N) is 1. The van der Waals surface area contributed by atoms with Gasteiger partial charge in [-0.1, -0.05) is 23.7 Å². The molecule has 2 rings (SSSR count). The molecule has 1 saturated heterocycles. The Morgan fingerprint density at radius 1 is 1.41 bits per heavy atom. The molecule has 0 radical (unpaired) electrons. The van der Waals surface area contributed by atoms with E-state index in [1.165, 1.54) is 0 Å². The average Bonchev–Trinajstić information content (AvgIpc) is 2.37. The van der Waals surface area contributed by atoms with Gasteiger partial charge in [-0.2, -0.15) is 0 Å². The number of morpholine rings is 1. The van der Waals surface area contributed by atoms with E-state index < -0.39 is 0 Å². The molecule has 1 aliphatic rings. The topological polar surface area (TPSA) is 41.6 Å². The number of ether oxygens (including phenoxy) is 1. The summed E-state index contributed by atoms with van der Waals surface area (Å²) in [6.45, 7) is 3.04. The maximum Gasteiger partial charge on any atom is 0.317 e. The Kier molecular flexibility index (Phi) is 4.23. The molecule has 1 aromatic carbocycles. The number of amides is 2. The van der Waals surface area contributed by atoms with Crippen LogP contribution in [-0.2, 0) is 11.3 Å². The number of nitrogens with one attached hydrogen (secondary N) is 1. The van der Waals surface area contributed by atoms with Crippen LogP contribution < -0.4 is 5.32 Å². The van der Waals surface area contributed by atoms with Gasteiger partial charge in [0.05, 0.1) is 13.2 Å². The second kappa shape index (κ2) is 5.89. The van der Waals surface area contributed by atoms with Crippen molar-refractivity contribution in [1.29, 1.82) is 0 Å². The van der Waals surface area contributed by atoms with Gasteiger partial charge in [0.1, 0.15) is 0 Å². The fourth-order valence-electron chi connectivity index (χ4n) is 1.70. The van der Waals surface area contributed by atoms with E-state index in [1.54, 1.807) is 4.90 Å². The number of urea groups is 1. The summed E-state index contributed by atoms with van der Waals surface area (Å²) in [6, 6.07) is 7.42. The first-order chi connectivity index (χ1) is 8.25. The van der Waals surface area contributed by atoms with Crippen LogP contribution in [0.5, 0.6) is 0 Å². The van der Waals surface area contributed by atoms with Crippen molar-refractivity contribution < 1.29 is 9.53 Å². The molecule has 0 unspecified atom stereocenters. The van der Waals surface area contributed by atoms with Gasteiger partial charge < -0.3 is 15.0 Å². The molecule has 0 bridgehead atoms. The third kappa shape index (κ3) is 3.61. The fraction of sp³-hybridized carbons (Fsp3) is 0.417. The number of carbonyl (C=O) groups excluding carboxylic acids is 1. The SMILES string of the molecule is O=C(NCc1cccc(Cl)c1)N1CCOCC1. The van der Waals surface area contributed by atoms with Crippen LogP contribution >= 0.6 is 11.6 Å². The Morgan fingerprint density at radius 3 is 2.88 bits per heavy atom. The van der Waals surface area contributed by atoms with Crippen molar-refractivity contribution in [2.24, 2.45) is 0 Å². The van der Waals surface area contributed by atoms with Gasteiger partial charge in [-0.25, -0.2) is 4.79 Å². The summed E-state index contributed by atoms with van der Waals surface area (Å²) in [5, 5.41) is 3.55. The molecule has 0 aliphatic carbocycles. The van der Waals surface area contributed by atoms with Crippen LogP contribution in [0.3, 0.4) is 0 Å². The summed E-state index contributed by atoms with van der Waals surface area (Å²) >= 11 is 5.87. The Labute approximate surface area is 106 Å². The lowest BCUT2D eigenvalue weighted by Crippen LogP contribution is -2.45. The lowest BCUT2D eigenvalue weighted by molar-refractivity contribution is 0.0531. The van der Waals surface area contributed by atoms with E-state index in [0.717, 1.165) is 5.56 Å². The predicted octanol–water partition coefficient (Wildman–Crippen LogP) is 1.88. The largest absolute Gasteiger partial charge is 0.378 e. The highest BCUT2D eigenvalue weighted by Gasteiger charge is 2.15. The van der Waals surface area contributed by atoms with Crippen molar-refractivity contribution >= 4 is 17.6 Å². The van der Waals surface area contributed by atoms with E-state index in [2.05, 4.69) is 5.32 Å². The summed E-state index contributed by atoms with van der Waals surface area (Å²) in [7, 11) is 0. The van der Waals surface area contributed by atoms with E-state index in [-0.39, 0.29) is 6.03 Å². The third-order valence-corrected chi connectivity index (χ3v) is 2.87. The molecule has 1 fully saturated rings. The Balaban J connectivity index is 1.83. The zero-order chi connectivity index (χ0) is 12.1. The van der Waals surface area contributed by atoms with Gasteiger partial charge in [0.2, 0.25) is 0 Å². The monoisotopic (exact) mass is 254 g/mol. The minimum absolute atomic E-state index is 0.0479. The van der Waals surface area contributed by atoms with Crippen LogP contribution in [-0.4, -0.2) is 37.2 Å². The Bertz CT molecular complexity index is 392. The standard InChI is InChI=1S/C12H15ClN2O2/c13-11-3-1-2-10(8-11)9-14-12(16)15-4-6-17-7-5-15/h1-3,8H,4-7,9H2,(H,14,16). The van der Waals surface area contributed by atoms with E-state index in [4.69, 9.17) is 16.3 Å². The normalized spacial score (nSPS) is 15.7. The number of hydrogen-bond donors (Lipinski definition) is 1. The van der Waals surface area contributed by atoms with Crippen LogP contribution in [0.1, 0.15) is 5.56 Å². The smallest absolute Gasteiger partial charge is 0.317 e. The van der Waals surface area contributed by atoms with E-state index in [1.807, 2.05) is 24.3 Å². The molecule has 92 valence electrons. The number of halogens is 1. The van der Waals surface area contributed by atoms with Crippen LogP contribution in [0.2, 0.25) is 5.02 Å². The summed E-state index contributed by atoms with van der Waals surface area (Å²) in [6.07, 6.45) is 0. The molecule has 4 nitrogen and oxygen atoms in total. The van der Waals surface area contributed by atoms with E-state index in [0.29, 0.717) is 37.9 Å². The molecular weight excluding hydrogens is 240 g/mol. The number of rotatable bonds is 2. The third-order valence-electron chi connectivity index (χ3n) is 2.63. The lowest BCUT2D eigenvalue weighted by Gasteiger charge is -2.26. The van der Waals surface area contributed by atoms with Gasteiger partial charge in [0.25, 0.3) is 0 Å². The van der Waals surface area contributed by atoms with E-state index in [9.17, 15) is 4.79 Å². The summed E-state index contributed by atoms with van der Waals surface area (Å²) in [5.74, 6) is 0. The molecule has 2 amide bonds. The van der Waals surface area contributed by atoms with Crippen molar-refractivity contribution in [3.8, 4) is 0 Å². The predicted molar refractivity (Wildman–Crippen MR) is 66.1 cm³/mol. The lowest BCUT2D eigenvalue weighted by atomic mass is 10.2. The molecule has 1 aliphatic heterocycles. The molecular formula is C12H15ClN2O2. The first-order valence-corrected chi connectivity index (χ1v) is 5.98. The van der Waals surface area contributed by atoms with Crippen LogP contribution in [0, 0.1) is 0 Å². The average molecular weight is 255 g/mol. The van der Waals surface area contributed by atoms with Gasteiger partial charge in [-0.15, -0.1) is 0 Å². The van der Waals surface area contributed by atoms with Gasteiger partial charge in [-0.3, -0.25) is 0 Å². The molecule has 1 N–H and O–H groups in total. The Hall–Kier alpha value is -1.26. The molecule has 0 aromatic heterocycles. The number of benzene rings is 1. The second-order valence-electron chi connectivity index (χ2n) is 3.89. The number of hydrogen-bond acceptors (Lipinski definition) is 2. The first kappa shape index (κ1) is 12.2. The zero-order valence-corrected chi connectivity index (χ0v) is 10.2. The van der Waals surface area contributed by atoms with E-state index >= 15 is 0 Å². The molecule has 17 heavy (non-hydrogen) atoms. The van der Waals surface area contributed by atoms with Crippen molar-refractivity contribution in [3.05, 3.63) is 34.9 Å². The maximum absolute atomic E-state index is 11.8. The minimum atomic E-state index is -0.0479. The van der Waals surface area contributed by atoms with Crippen LogP contribution in [0.25, 0.3) is 0 Å². The highest BCUT2D eigenvalue weighted by atomic mass is 35.5. The molecule has 0 saturated carbocycles.